The normalized spacial score (nSPS) is 29.6. The lowest BCUT2D eigenvalue weighted by Crippen LogP contribution is -2.50. The minimum absolute atomic E-state index is 0.00103. The quantitative estimate of drug-likeness (QED) is 0.826. The number of ether oxygens (including phenoxy) is 2. The van der Waals surface area contributed by atoms with Gasteiger partial charge in [-0.05, 0) is 19.3 Å². The van der Waals surface area contributed by atoms with Crippen molar-refractivity contribution >= 4 is 12.0 Å². The SMILES string of the molecule is Cc1nnc(NC[C@H]2CO[C@@]3(COCCN(C(=O)NC4CC4)C3)C2)o1. The van der Waals surface area contributed by atoms with Crippen molar-refractivity contribution in [3.05, 3.63) is 5.89 Å². The molecule has 1 aliphatic carbocycles. The van der Waals surface area contributed by atoms with E-state index >= 15 is 0 Å². The molecule has 3 fully saturated rings. The summed E-state index contributed by atoms with van der Waals surface area (Å²) in [5, 5.41) is 14.0. The maximum Gasteiger partial charge on any atom is 0.317 e. The molecule has 0 unspecified atom stereocenters. The average molecular weight is 351 g/mol. The minimum atomic E-state index is -0.422. The lowest BCUT2D eigenvalue weighted by atomic mass is 9.94. The lowest BCUT2D eigenvalue weighted by Gasteiger charge is -2.31. The molecule has 1 spiro atoms. The van der Waals surface area contributed by atoms with Gasteiger partial charge in [-0.3, -0.25) is 0 Å². The summed E-state index contributed by atoms with van der Waals surface area (Å²) in [6, 6.07) is 0.784. The van der Waals surface area contributed by atoms with Gasteiger partial charge in [0, 0.05) is 32.0 Å². The summed E-state index contributed by atoms with van der Waals surface area (Å²) >= 11 is 0. The second kappa shape index (κ2) is 6.80. The van der Waals surface area contributed by atoms with Crippen molar-refractivity contribution in [2.75, 3.05) is 44.8 Å². The van der Waals surface area contributed by atoms with E-state index in [-0.39, 0.29) is 6.03 Å². The number of aromatic nitrogens is 2. The predicted molar refractivity (Wildman–Crippen MR) is 88.3 cm³/mol. The largest absolute Gasteiger partial charge is 0.408 e. The molecule has 4 rings (SSSR count). The zero-order valence-electron chi connectivity index (χ0n) is 14.5. The first-order chi connectivity index (χ1) is 12.1. The third-order valence-electron chi connectivity index (χ3n) is 4.90. The van der Waals surface area contributed by atoms with E-state index in [0.717, 1.165) is 19.3 Å². The van der Waals surface area contributed by atoms with Crippen LogP contribution in [0.15, 0.2) is 4.42 Å². The zero-order valence-corrected chi connectivity index (χ0v) is 14.5. The molecule has 138 valence electrons. The summed E-state index contributed by atoms with van der Waals surface area (Å²) in [7, 11) is 0. The molecule has 9 heteroatoms. The van der Waals surface area contributed by atoms with Crippen molar-refractivity contribution in [1.29, 1.82) is 0 Å². The fraction of sp³-hybridized carbons (Fsp3) is 0.812. The average Bonchev–Trinajstić information content (AvgIpc) is 3.22. The molecule has 0 aromatic carbocycles. The number of carbonyl (C=O) groups is 1. The number of hydrogen-bond acceptors (Lipinski definition) is 7. The Kier molecular flexibility index (Phi) is 4.51. The van der Waals surface area contributed by atoms with Crippen molar-refractivity contribution < 1.29 is 18.7 Å². The van der Waals surface area contributed by atoms with Crippen LogP contribution in [0.1, 0.15) is 25.2 Å². The highest BCUT2D eigenvalue weighted by molar-refractivity contribution is 5.75. The van der Waals surface area contributed by atoms with Crippen LogP contribution in [0.25, 0.3) is 0 Å². The van der Waals surface area contributed by atoms with Gasteiger partial charge in [0.05, 0.1) is 26.4 Å². The van der Waals surface area contributed by atoms with E-state index in [2.05, 4.69) is 20.8 Å². The summed E-state index contributed by atoms with van der Waals surface area (Å²) in [4.78, 5) is 14.2. The molecule has 3 heterocycles. The molecule has 3 aliphatic rings. The van der Waals surface area contributed by atoms with Crippen LogP contribution in [0, 0.1) is 12.8 Å². The Labute approximate surface area is 146 Å². The van der Waals surface area contributed by atoms with Gasteiger partial charge < -0.3 is 29.4 Å². The van der Waals surface area contributed by atoms with Gasteiger partial charge in [0.15, 0.2) is 0 Å². The highest BCUT2D eigenvalue weighted by atomic mass is 16.5. The zero-order chi connectivity index (χ0) is 17.3. The first-order valence-electron chi connectivity index (χ1n) is 8.93. The van der Waals surface area contributed by atoms with E-state index in [9.17, 15) is 4.79 Å². The number of anilines is 1. The van der Waals surface area contributed by atoms with E-state index < -0.39 is 5.60 Å². The van der Waals surface area contributed by atoms with Crippen molar-refractivity contribution in [3.8, 4) is 0 Å². The Hall–Kier alpha value is -1.87. The smallest absolute Gasteiger partial charge is 0.317 e. The van der Waals surface area contributed by atoms with Gasteiger partial charge in [-0.25, -0.2) is 4.79 Å². The molecular formula is C16H25N5O4. The Morgan fingerprint density at radius 1 is 1.40 bits per heavy atom. The van der Waals surface area contributed by atoms with Gasteiger partial charge in [0.1, 0.15) is 5.60 Å². The number of urea groups is 1. The third kappa shape index (κ3) is 4.04. The molecule has 9 nitrogen and oxygen atoms in total. The molecule has 1 aromatic heterocycles. The van der Waals surface area contributed by atoms with Crippen LogP contribution < -0.4 is 10.6 Å². The molecule has 0 radical (unpaired) electrons. The van der Waals surface area contributed by atoms with Crippen LogP contribution >= 0.6 is 0 Å². The van der Waals surface area contributed by atoms with E-state index in [0.29, 0.717) is 63.3 Å². The molecule has 0 bridgehead atoms. The van der Waals surface area contributed by atoms with Crippen LogP contribution in [0.4, 0.5) is 10.8 Å². The van der Waals surface area contributed by atoms with Crippen LogP contribution in [-0.2, 0) is 9.47 Å². The number of rotatable bonds is 4. The van der Waals surface area contributed by atoms with Gasteiger partial charge in [-0.15, -0.1) is 5.10 Å². The maximum atomic E-state index is 12.4. The predicted octanol–water partition coefficient (Wildman–Crippen LogP) is 0.769. The van der Waals surface area contributed by atoms with Crippen molar-refractivity contribution in [1.82, 2.24) is 20.4 Å². The maximum absolute atomic E-state index is 12.4. The molecular weight excluding hydrogens is 326 g/mol. The molecule has 2 amide bonds. The van der Waals surface area contributed by atoms with E-state index in [1.807, 2.05) is 4.90 Å². The summed E-state index contributed by atoms with van der Waals surface area (Å²) < 4.78 is 17.2. The van der Waals surface area contributed by atoms with Crippen LogP contribution in [-0.4, -0.2) is 72.2 Å². The second-order valence-corrected chi connectivity index (χ2v) is 7.27. The number of amides is 2. The Morgan fingerprint density at radius 2 is 2.28 bits per heavy atom. The molecule has 1 saturated carbocycles. The summed E-state index contributed by atoms with van der Waals surface area (Å²) in [5.41, 5.74) is -0.422. The third-order valence-corrected chi connectivity index (χ3v) is 4.90. The number of hydrogen-bond donors (Lipinski definition) is 2. The minimum Gasteiger partial charge on any atom is -0.408 e. The molecule has 2 atom stereocenters. The number of aryl methyl sites for hydroxylation is 1. The van der Waals surface area contributed by atoms with E-state index in [4.69, 9.17) is 13.9 Å². The van der Waals surface area contributed by atoms with Gasteiger partial charge >= 0.3 is 12.0 Å². The monoisotopic (exact) mass is 351 g/mol. The summed E-state index contributed by atoms with van der Waals surface area (Å²) in [5.74, 6) is 0.846. The molecule has 2 saturated heterocycles. The summed E-state index contributed by atoms with van der Waals surface area (Å²) in [6.45, 7) is 5.33. The fourth-order valence-corrected chi connectivity index (χ4v) is 3.45. The molecule has 2 aliphatic heterocycles. The van der Waals surface area contributed by atoms with Crippen molar-refractivity contribution in [3.63, 3.8) is 0 Å². The van der Waals surface area contributed by atoms with Gasteiger partial charge in [-0.2, -0.15) is 0 Å². The number of nitrogens with one attached hydrogen (secondary N) is 2. The van der Waals surface area contributed by atoms with E-state index in [1.165, 1.54) is 0 Å². The van der Waals surface area contributed by atoms with Crippen molar-refractivity contribution in [2.45, 2.75) is 37.8 Å². The first kappa shape index (κ1) is 16.6. The highest BCUT2D eigenvalue weighted by Crippen LogP contribution is 2.33. The van der Waals surface area contributed by atoms with E-state index in [1.54, 1.807) is 6.92 Å². The summed E-state index contributed by atoms with van der Waals surface area (Å²) in [6.07, 6.45) is 3.00. The van der Waals surface area contributed by atoms with Gasteiger partial charge in [0.2, 0.25) is 5.89 Å². The van der Waals surface area contributed by atoms with Crippen LogP contribution in [0.3, 0.4) is 0 Å². The second-order valence-electron chi connectivity index (χ2n) is 7.27. The number of carbonyl (C=O) groups excluding carboxylic acids is 1. The Morgan fingerprint density at radius 3 is 3.04 bits per heavy atom. The van der Waals surface area contributed by atoms with Gasteiger partial charge in [0.25, 0.3) is 0 Å². The Bertz CT molecular complexity index is 619. The molecule has 1 aromatic rings. The molecule has 25 heavy (non-hydrogen) atoms. The van der Waals surface area contributed by atoms with Crippen LogP contribution in [0.5, 0.6) is 0 Å². The lowest BCUT2D eigenvalue weighted by molar-refractivity contribution is -0.0530. The molecule has 2 N–H and O–H groups in total. The standard InChI is InChI=1S/C16H25N5O4/c1-11-19-20-14(25-11)17-7-12-6-16(24-8-12)9-21(4-5-23-10-16)15(22)18-13-2-3-13/h12-13H,2-10H2,1H3,(H,17,20)(H,18,22)/t12-,16-/m0/s1. The van der Waals surface area contributed by atoms with Crippen LogP contribution in [0.2, 0.25) is 0 Å². The van der Waals surface area contributed by atoms with Gasteiger partial charge in [-0.1, -0.05) is 5.10 Å². The topological polar surface area (TPSA) is 102 Å². The fourth-order valence-electron chi connectivity index (χ4n) is 3.45. The first-order valence-corrected chi connectivity index (χ1v) is 8.93. The Balaban J connectivity index is 1.33. The van der Waals surface area contributed by atoms with Crippen molar-refractivity contribution in [2.24, 2.45) is 5.92 Å². The number of nitrogens with zero attached hydrogens (tertiary/aromatic N) is 3. The highest BCUT2D eigenvalue weighted by Gasteiger charge is 2.44.